The summed E-state index contributed by atoms with van der Waals surface area (Å²) in [7, 11) is 0. The van der Waals surface area contributed by atoms with E-state index < -0.39 is 0 Å². The molecule has 51 heavy (non-hydrogen) atoms. The third-order valence-electron chi connectivity index (χ3n) is 9.87. The van der Waals surface area contributed by atoms with Crippen LogP contribution in [0.1, 0.15) is 0 Å². The minimum atomic E-state index is 0.707. The first-order valence-electron chi connectivity index (χ1n) is 17.2. The number of fused-ring (bicyclic) bond motifs is 5. The van der Waals surface area contributed by atoms with Crippen LogP contribution in [0.25, 0.3) is 97.9 Å². The molecule has 3 heteroatoms. The number of nitrogens with zero attached hydrogens (tertiary/aromatic N) is 2. The van der Waals surface area contributed by atoms with Crippen molar-refractivity contribution in [2.24, 2.45) is 0 Å². The van der Waals surface area contributed by atoms with Gasteiger partial charge in [-0.15, -0.1) is 11.3 Å². The van der Waals surface area contributed by atoms with Gasteiger partial charge in [0.1, 0.15) is 0 Å². The highest BCUT2D eigenvalue weighted by Crippen LogP contribution is 2.40. The number of hydrogen-bond donors (Lipinski definition) is 0. The van der Waals surface area contributed by atoms with Gasteiger partial charge in [0, 0.05) is 26.3 Å². The zero-order valence-electron chi connectivity index (χ0n) is 27.6. The van der Waals surface area contributed by atoms with Crippen LogP contribution in [0.3, 0.4) is 0 Å². The lowest BCUT2D eigenvalue weighted by Crippen LogP contribution is -1.96. The molecular formula is C48H30N2S. The Morgan fingerprint density at radius 2 is 0.980 bits per heavy atom. The summed E-state index contributed by atoms with van der Waals surface area (Å²) in [5, 5.41) is 8.80. The summed E-state index contributed by atoms with van der Waals surface area (Å²) in [6, 6.07) is 65.1. The lowest BCUT2D eigenvalue weighted by atomic mass is 9.89. The maximum atomic E-state index is 5.21. The molecule has 0 aliphatic carbocycles. The maximum absolute atomic E-state index is 5.21. The second-order valence-corrected chi connectivity index (χ2v) is 14.1. The van der Waals surface area contributed by atoms with Crippen LogP contribution in [-0.4, -0.2) is 9.97 Å². The van der Waals surface area contributed by atoms with Crippen LogP contribution in [0.2, 0.25) is 0 Å². The fourth-order valence-corrected chi connectivity index (χ4v) is 8.41. The van der Waals surface area contributed by atoms with E-state index in [1.165, 1.54) is 64.0 Å². The summed E-state index contributed by atoms with van der Waals surface area (Å²) in [5.74, 6) is 0.707. The predicted molar refractivity (Wildman–Crippen MR) is 217 cm³/mol. The second kappa shape index (κ2) is 12.2. The first kappa shape index (κ1) is 29.5. The van der Waals surface area contributed by atoms with Gasteiger partial charge in [-0.3, -0.25) is 0 Å². The molecule has 0 fully saturated rings. The number of hydrogen-bond acceptors (Lipinski definition) is 3. The largest absolute Gasteiger partial charge is 0.228 e. The molecule has 0 amide bonds. The fourth-order valence-electron chi connectivity index (χ4n) is 7.35. The Hall–Kier alpha value is -6.42. The summed E-state index contributed by atoms with van der Waals surface area (Å²) in [6.45, 7) is 0. The number of rotatable bonds is 5. The molecule has 0 N–H and O–H groups in total. The SMILES string of the molecule is c1ccc(-c2cc(-c3cccc(-c4cc5ccccc5s4)c3)nc(-c3ccc(-c4c5ccccc5cc5c4ccc4ccccc45)cc3)n2)cc1. The van der Waals surface area contributed by atoms with Gasteiger partial charge in [-0.05, 0) is 84.7 Å². The normalized spacial score (nSPS) is 11.5. The predicted octanol–water partition coefficient (Wildman–Crippen LogP) is 13.5. The van der Waals surface area contributed by atoms with E-state index in [0.717, 1.165) is 28.1 Å². The molecule has 0 spiro atoms. The van der Waals surface area contributed by atoms with Gasteiger partial charge >= 0.3 is 0 Å². The van der Waals surface area contributed by atoms with Crippen LogP contribution >= 0.6 is 11.3 Å². The Morgan fingerprint density at radius 3 is 1.80 bits per heavy atom. The molecule has 0 unspecified atom stereocenters. The molecule has 0 aliphatic rings. The molecule has 10 aromatic rings. The molecule has 0 bridgehead atoms. The lowest BCUT2D eigenvalue weighted by Gasteiger charge is -2.15. The van der Waals surface area contributed by atoms with Crippen LogP contribution in [0.4, 0.5) is 0 Å². The molecule has 10 rings (SSSR count). The Kier molecular flexibility index (Phi) is 7.04. The van der Waals surface area contributed by atoms with Crippen molar-refractivity contribution >= 4 is 53.7 Å². The van der Waals surface area contributed by atoms with Crippen LogP contribution in [0.15, 0.2) is 182 Å². The van der Waals surface area contributed by atoms with Gasteiger partial charge in [0.15, 0.2) is 5.82 Å². The Balaban J connectivity index is 1.10. The zero-order chi connectivity index (χ0) is 33.7. The van der Waals surface area contributed by atoms with Crippen LogP contribution in [-0.2, 0) is 0 Å². The van der Waals surface area contributed by atoms with E-state index in [2.05, 4.69) is 176 Å². The highest BCUT2D eigenvalue weighted by atomic mass is 32.1. The highest BCUT2D eigenvalue weighted by molar-refractivity contribution is 7.22. The van der Waals surface area contributed by atoms with Gasteiger partial charge in [0.2, 0.25) is 0 Å². The monoisotopic (exact) mass is 666 g/mol. The average Bonchev–Trinajstić information content (AvgIpc) is 3.65. The molecule has 0 aliphatic heterocycles. The number of thiophene rings is 1. The van der Waals surface area contributed by atoms with E-state index in [9.17, 15) is 0 Å². The maximum Gasteiger partial charge on any atom is 0.160 e. The minimum absolute atomic E-state index is 0.707. The van der Waals surface area contributed by atoms with Gasteiger partial charge in [-0.1, -0.05) is 152 Å². The van der Waals surface area contributed by atoms with Gasteiger partial charge in [-0.2, -0.15) is 0 Å². The van der Waals surface area contributed by atoms with E-state index in [4.69, 9.17) is 9.97 Å². The van der Waals surface area contributed by atoms with Crippen molar-refractivity contribution in [3.05, 3.63) is 182 Å². The second-order valence-electron chi connectivity index (χ2n) is 13.0. The molecule has 238 valence electrons. The summed E-state index contributed by atoms with van der Waals surface area (Å²) in [5.41, 5.74) is 8.52. The van der Waals surface area contributed by atoms with E-state index in [1.54, 1.807) is 0 Å². The standard InChI is InChI=1S/C48H30N2S/c1-2-12-32(13-3-1)43-30-44(36-16-10-17-37(27-36)46-29-38-15-6-9-20-45(38)51-46)50-48(49-43)34-23-21-33(22-24-34)47-40-19-8-5-14-35(40)28-42-39-18-7-4-11-31(39)25-26-41(42)47/h1-30H. The van der Waals surface area contributed by atoms with Crippen LogP contribution in [0.5, 0.6) is 0 Å². The molecule has 0 saturated carbocycles. The van der Waals surface area contributed by atoms with Gasteiger partial charge in [-0.25, -0.2) is 9.97 Å². The summed E-state index contributed by atoms with van der Waals surface area (Å²) in [6.07, 6.45) is 0. The topological polar surface area (TPSA) is 25.8 Å². The third kappa shape index (κ3) is 5.27. The van der Waals surface area contributed by atoms with Crippen LogP contribution in [0, 0.1) is 0 Å². The van der Waals surface area contributed by atoms with E-state index in [0.29, 0.717) is 5.82 Å². The van der Waals surface area contributed by atoms with Crippen molar-refractivity contribution < 1.29 is 0 Å². The first-order valence-corrected chi connectivity index (χ1v) is 18.0. The van der Waals surface area contributed by atoms with E-state index in [1.807, 2.05) is 17.4 Å². The summed E-state index contributed by atoms with van der Waals surface area (Å²) < 4.78 is 1.29. The van der Waals surface area contributed by atoms with E-state index >= 15 is 0 Å². The molecule has 2 heterocycles. The molecule has 0 radical (unpaired) electrons. The quantitative estimate of drug-likeness (QED) is 0.135. The molecule has 0 atom stereocenters. The van der Waals surface area contributed by atoms with Crippen LogP contribution < -0.4 is 0 Å². The molecule has 8 aromatic carbocycles. The third-order valence-corrected chi connectivity index (χ3v) is 11.0. The first-order chi connectivity index (χ1) is 25.2. The zero-order valence-corrected chi connectivity index (χ0v) is 28.4. The summed E-state index contributed by atoms with van der Waals surface area (Å²) in [4.78, 5) is 11.6. The average molecular weight is 667 g/mol. The molecule has 0 saturated heterocycles. The van der Waals surface area contributed by atoms with Crippen molar-refractivity contribution in [2.75, 3.05) is 0 Å². The Bertz CT molecular complexity index is 2870. The van der Waals surface area contributed by atoms with Crippen molar-refractivity contribution in [2.45, 2.75) is 0 Å². The molecular weight excluding hydrogens is 637 g/mol. The number of aromatic nitrogens is 2. The van der Waals surface area contributed by atoms with Gasteiger partial charge < -0.3 is 0 Å². The van der Waals surface area contributed by atoms with Gasteiger partial charge in [0.05, 0.1) is 11.4 Å². The van der Waals surface area contributed by atoms with Crippen molar-refractivity contribution in [3.63, 3.8) is 0 Å². The van der Waals surface area contributed by atoms with E-state index in [-0.39, 0.29) is 0 Å². The minimum Gasteiger partial charge on any atom is -0.228 e. The Labute approximate surface area is 300 Å². The van der Waals surface area contributed by atoms with Crippen molar-refractivity contribution in [1.29, 1.82) is 0 Å². The van der Waals surface area contributed by atoms with Crippen molar-refractivity contribution in [1.82, 2.24) is 9.97 Å². The lowest BCUT2D eigenvalue weighted by molar-refractivity contribution is 1.18. The van der Waals surface area contributed by atoms with Crippen molar-refractivity contribution in [3.8, 4) is 55.5 Å². The molecule has 2 nitrogen and oxygen atoms in total. The molecule has 2 aromatic heterocycles. The van der Waals surface area contributed by atoms with Gasteiger partial charge in [0.25, 0.3) is 0 Å². The Morgan fingerprint density at radius 1 is 0.333 bits per heavy atom. The number of benzene rings is 8. The smallest absolute Gasteiger partial charge is 0.160 e. The fraction of sp³-hybridized carbons (Fsp3) is 0. The summed E-state index contributed by atoms with van der Waals surface area (Å²) >= 11 is 1.82. The highest BCUT2D eigenvalue weighted by Gasteiger charge is 2.15.